The van der Waals surface area contributed by atoms with Crippen molar-refractivity contribution in [3.63, 3.8) is 0 Å². The van der Waals surface area contributed by atoms with Gasteiger partial charge in [0.15, 0.2) is 5.78 Å². The number of carbonyl (C=O) groups is 1. The van der Waals surface area contributed by atoms with Gasteiger partial charge in [0, 0.05) is 13.2 Å². The Balaban J connectivity index is 2.72. The van der Waals surface area contributed by atoms with Crippen molar-refractivity contribution < 1.29 is 4.79 Å². The van der Waals surface area contributed by atoms with Crippen molar-refractivity contribution in [3.8, 4) is 0 Å². The lowest BCUT2D eigenvalue weighted by Crippen LogP contribution is -1.91. The number of ketones is 1. The smallest absolute Gasteiger partial charge is 0.188 e. The number of allylic oxidation sites excluding steroid dienone is 2. The lowest BCUT2D eigenvalue weighted by atomic mass is 10.2. The summed E-state index contributed by atoms with van der Waals surface area (Å²) in [6.07, 6.45) is 7.59. The van der Waals surface area contributed by atoms with E-state index in [1.54, 1.807) is 30.2 Å². The molecule has 0 radical (unpaired) electrons. The van der Waals surface area contributed by atoms with Gasteiger partial charge < -0.3 is 0 Å². The Bertz CT molecular complexity index is 299. The van der Waals surface area contributed by atoms with E-state index >= 15 is 0 Å². The highest BCUT2D eigenvalue weighted by Crippen LogP contribution is 1.99. The Hall–Kier alpha value is -1.38. The lowest BCUT2D eigenvalue weighted by molar-refractivity contribution is 0.104. The fourth-order valence-corrected chi connectivity index (χ4v) is 0.870. The molecule has 0 aliphatic heterocycles. The third-order valence-corrected chi connectivity index (χ3v) is 1.49. The van der Waals surface area contributed by atoms with Gasteiger partial charge in [-0.2, -0.15) is 5.10 Å². The van der Waals surface area contributed by atoms with Crippen LogP contribution in [0, 0.1) is 0 Å². The minimum Gasteiger partial charge on any atom is -0.289 e. The molecule has 1 aromatic rings. The molecule has 0 unspecified atom stereocenters. The predicted octanol–water partition coefficient (Wildman–Crippen LogP) is 1.57. The highest BCUT2D eigenvalue weighted by Gasteiger charge is 2.02. The van der Waals surface area contributed by atoms with E-state index < -0.39 is 0 Å². The summed E-state index contributed by atoms with van der Waals surface area (Å²) in [7, 11) is 1.79. The standard InChI is InChI=1S/C9H12N2O/c1-3-4-5-9(12)8-6-10-11(2)7-8/h4-7H,3H2,1-2H3/b5-4+. The van der Waals surface area contributed by atoms with Crippen molar-refractivity contribution in [2.24, 2.45) is 7.05 Å². The molecular weight excluding hydrogens is 152 g/mol. The van der Waals surface area contributed by atoms with Crippen molar-refractivity contribution in [2.75, 3.05) is 0 Å². The molecule has 0 fully saturated rings. The van der Waals surface area contributed by atoms with Crippen LogP contribution in [0.1, 0.15) is 23.7 Å². The first-order valence-corrected chi connectivity index (χ1v) is 3.93. The Morgan fingerprint density at radius 1 is 1.75 bits per heavy atom. The van der Waals surface area contributed by atoms with Crippen LogP contribution in [0.25, 0.3) is 0 Å². The van der Waals surface area contributed by atoms with Gasteiger partial charge in [0.05, 0.1) is 11.8 Å². The van der Waals surface area contributed by atoms with Crippen LogP contribution in [0.15, 0.2) is 24.5 Å². The SMILES string of the molecule is CC/C=C/C(=O)c1cnn(C)c1. The Labute approximate surface area is 71.7 Å². The maximum absolute atomic E-state index is 11.3. The van der Waals surface area contributed by atoms with Crippen molar-refractivity contribution >= 4 is 5.78 Å². The molecule has 64 valence electrons. The molecule has 1 rings (SSSR count). The molecule has 1 heterocycles. The van der Waals surface area contributed by atoms with E-state index in [4.69, 9.17) is 0 Å². The van der Waals surface area contributed by atoms with Crippen LogP contribution < -0.4 is 0 Å². The second-order valence-electron chi connectivity index (χ2n) is 2.58. The minimum atomic E-state index is 0.0185. The molecule has 0 aromatic carbocycles. The molecule has 0 bridgehead atoms. The topological polar surface area (TPSA) is 34.9 Å². The Morgan fingerprint density at radius 2 is 2.50 bits per heavy atom. The van der Waals surface area contributed by atoms with Crippen LogP contribution in [0.5, 0.6) is 0 Å². The van der Waals surface area contributed by atoms with Crippen LogP contribution in [0.4, 0.5) is 0 Å². The van der Waals surface area contributed by atoms with E-state index in [0.717, 1.165) is 6.42 Å². The molecule has 0 saturated carbocycles. The van der Waals surface area contributed by atoms with Gasteiger partial charge in [-0.15, -0.1) is 0 Å². The maximum Gasteiger partial charge on any atom is 0.188 e. The van der Waals surface area contributed by atoms with Crippen LogP contribution in [-0.2, 0) is 7.05 Å². The zero-order chi connectivity index (χ0) is 8.97. The lowest BCUT2D eigenvalue weighted by Gasteiger charge is -1.86. The van der Waals surface area contributed by atoms with E-state index in [1.807, 2.05) is 13.0 Å². The summed E-state index contributed by atoms with van der Waals surface area (Å²) in [5, 5.41) is 3.91. The normalized spacial score (nSPS) is 10.8. The summed E-state index contributed by atoms with van der Waals surface area (Å²) in [4.78, 5) is 11.3. The number of hydrogen-bond donors (Lipinski definition) is 0. The molecule has 0 saturated heterocycles. The van der Waals surface area contributed by atoms with Gasteiger partial charge in [-0.05, 0) is 12.5 Å². The zero-order valence-corrected chi connectivity index (χ0v) is 7.32. The molecule has 0 N–H and O–H groups in total. The number of aromatic nitrogens is 2. The summed E-state index contributed by atoms with van der Waals surface area (Å²) >= 11 is 0. The van der Waals surface area contributed by atoms with Gasteiger partial charge in [-0.1, -0.05) is 13.0 Å². The number of aryl methyl sites for hydroxylation is 1. The van der Waals surface area contributed by atoms with E-state index in [9.17, 15) is 4.79 Å². The molecule has 0 aliphatic carbocycles. The average Bonchev–Trinajstić information content (AvgIpc) is 2.47. The van der Waals surface area contributed by atoms with Gasteiger partial charge in [0.1, 0.15) is 0 Å². The first-order chi connectivity index (χ1) is 5.74. The molecule has 1 aromatic heterocycles. The third-order valence-electron chi connectivity index (χ3n) is 1.49. The van der Waals surface area contributed by atoms with Gasteiger partial charge in [0.25, 0.3) is 0 Å². The molecule has 3 nitrogen and oxygen atoms in total. The van der Waals surface area contributed by atoms with Gasteiger partial charge in [-0.3, -0.25) is 9.48 Å². The monoisotopic (exact) mass is 164 g/mol. The molecule has 0 aliphatic rings. The molecule has 12 heavy (non-hydrogen) atoms. The van der Waals surface area contributed by atoms with Crippen LogP contribution in [0.3, 0.4) is 0 Å². The van der Waals surface area contributed by atoms with Crippen LogP contribution >= 0.6 is 0 Å². The number of hydrogen-bond acceptors (Lipinski definition) is 2. The predicted molar refractivity (Wildman–Crippen MR) is 47.0 cm³/mol. The Kier molecular flexibility index (Phi) is 2.80. The highest BCUT2D eigenvalue weighted by molar-refractivity contribution is 6.04. The number of rotatable bonds is 3. The Morgan fingerprint density at radius 3 is 3.00 bits per heavy atom. The highest BCUT2D eigenvalue weighted by atomic mass is 16.1. The van der Waals surface area contributed by atoms with Crippen molar-refractivity contribution in [1.82, 2.24) is 9.78 Å². The van der Waals surface area contributed by atoms with E-state index in [1.165, 1.54) is 0 Å². The molecule has 0 spiro atoms. The molecule has 3 heteroatoms. The minimum absolute atomic E-state index is 0.0185. The van der Waals surface area contributed by atoms with Gasteiger partial charge in [0.2, 0.25) is 0 Å². The van der Waals surface area contributed by atoms with Crippen LogP contribution in [-0.4, -0.2) is 15.6 Å². The maximum atomic E-state index is 11.3. The number of carbonyl (C=O) groups excluding carboxylic acids is 1. The summed E-state index contributed by atoms with van der Waals surface area (Å²) in [5.41, 5.74) is 0.641. The first kappa shape index (κ1) is 8.71. The summed E-state index contributed by atoms with van der Waals surface area (Å²) in [6.45, 7) is 1.99. The van der Waals surface area contributed by atoms with Gasteiger partial charge in [-0.25, -0.2) is 0 Å². The molecular formula is C9H12N2O. The molecule has 0 amide bonds. The fraction of sp³-hybridized carbons (Fsp3) is 0.333. The first-order valence-electron chi connectivity index (χ1n) is 3.93. The zero-order valence-electron chi connectivity index (χ0n) is 7.32. The second-order valence-corrected chi connectivity index (χ2v) is 2.58. The number of nitrogens with zero attached hydrogens (tertiary/aromatic N) is 2. The fourth-order valence-electron chi connectivity index (χ4n) is 0.870. The summed E-state index contributed by atoms with van der Waals surface area (Å²) in [6, 6.07) is 0. The molecule has 0 atom stereocenters. The van der Waals surface area contributed by atoms with Crippen molar-refractivity contribution in [1.29, 1.82) is 0 Å². The van der Waals surface area contributed by atoms with E-state index in [2.05, 4.69) is 5.10 Å². The summed E-state index contributed by atoms with van der Waals surface area (Å²) in [5.74, 6) is 0.0185. The third kappa shape index (κ3) is 2.05. The largest absolute Gasteiger partial charge is 0.289 e. The summed E-state index contributed by atoms with van der Waals surface area (Å²) < 4.78 is 1.62. The van der Waals surface area contributed by atoms with Crippen molar-refractivity contribution in [3.05, 3.63) is 30.1 Å². The quantitative estimate of drug-likeness (QED) is 0.502. The average molecular weight is 164 g/mol. The van der Waals surface area contributed by atoms with Gasteiger partial charge >= 0.3 is 0 Å². The van der Waals surface area contributed by atoms with Crippen molar-refractivity contribution in [2.45, 2.75) is 13.3 Å². The van der Waals surface area contributed by atoms with Crippen LogP contribution in [0.2, 0.25) is 0 Å². The van der Waals surface area contributed by atoms with E-state index in [-0.39, 0.29) is 5.78 Å². The van der Waals surface area contributed by atoms with E-state index in [0.29, 0.717) is 5.56 Å². The second kappa shape index (κ2) is 3.85.